The number of carboxylic acids is 1. The van der Waals surface area contributed by atoms with Crippen molar-refractivity contribution in [2.45, 2.75) is 44.3 Å². The number of allylic oxidation sites excluding steroid dienone is 1. The fourth-order valence-corrected chi connectivity index (χ4v) is 2.90. The lowest BCUT2D eigenvalue weighted by atomic mass is 9.98. The third kappa shape index (κ3) is 6.74. The van der Waals surface area contributed by atoms with E-state index in [1.807, 2.05) is 5.32 Å². The summed E-state index contributed by atoms with van der Waals surface area (Å²) in [6.45, 7) is 2.00. The number of nitrogens with one attached hydrogen (secondary N) is 1. The average Bonchev–Trinajstić information content (AvgIpc) is 2.69. The fourth-order valence-electron chi connectivity index (χ4n) is 2.90. The summed E-state index contributed by atoms with van der Waals surface area (Å²) in [7, 11) is 0. The molecule has 2 atom stereocenters. The molecule has 0 spiro atoms. The van der Waals surface area contributed by atoms with Gasteiger partial charge in [-0.15, -0.1) is 0 Å². The van der Waals surface area contributed by atoms with Gasteiger partial charge in [0.15, 0.2) is 0 Å². The maximum Gasteiger partial charge on any atom is 0.412 e. The van der Waals surface area contributed by atoms with Crippen LogP contribution in [0.15, 0.2) is 60.3 Å². The van der Waals surface area contributed by atoms with E-state index in [1.54, 1.807) is 0 Å². The Morgan fingerprint density at radius 2 is 1.34 bits per heavy atom. The second-order valence-corrected chi connectivity index (χ2v) is 7.57. The van der Waals surface area contributed by atoms with Gasteiger partial charge in [-0.3, -0.25) is 0 Å². The van der Waals surface area contributed by atoms with Gasteiger partial charge >= 0.3 is 12.1 Å². The van der Waals surface area contributed by atoms with Gasteiger partial charge in [-0.25, -0.2) is 18.0 Å². The van der Waals surface area contributed by atoms with Crippen LogP contribution >= 0.6 is 0 Å². The maximum atomic E-state index is 13.8. The maximum absolute atomic E-state index is 13.8. The Morgan fingerprint density at radius 1 is 0.906 bits per heavy atom. The third-order valence-electron chi connectivity index (χ3n) is 4.41. The van der Waals surface area contributed by atoms with Crippen LogP contribution in [0.4, 0.5) is 26.3 Å². The molecule has 10 heteroatoms. The van der Waals surface area contributed by atoms with Crippen LogP contribution in [0.1, 0.15) is 37.1 Å². The van der Waals surface area contributed by atoms with E-state index in [4.69, 9.17) is 5.11 Å². The summed E-state index contributed by atoms with van der Waals surface area (Å²) in [4.78, 5) is 11.3. The zero-order chi connectivity index (χ0) is 24.3. The predicted octanol–water partition coefficient (Wildman–Crippen LogP) is 5.56. The minimum atomic E-state index is -4.89. The van der Waals surface area contributed by atoms with Crippen LogP contribution in [0, 0.1) is 0 Å². The van der Waals surface area contributed by atoms with Crippen molar-refractivity contribution >= 4 is 5.97 Å². The number of benzene rings is 2. The standard InChI is InChI=1S/C22H21F6NO3/c1-21(2,25)11-16(20(31)32)29-18(22(26,27)28)15-9-5-13(6-10-15)12-3-7-14(8-4-12)17(30)19(23)24/h3-11,17-19,29-30H,1-2H3,(H,31,32)/b16-11+/t17-,18+/m1/s1. The molecule has 0 aromatic heterocycles. The van der Waals surface area contributed by atoms with E-state index in [0.717, 1.165) is 26.0 Å². The normalized spacial score (nSPS) is 14.9. The zero-order valence-corrected chi connectivity index (χ0v) is 17.0. The van der Waals surface area contributed by atoms with E-state index in [2.05, 4.69) is 0 Å². The van der Waals surface area contributed by atoms with Crippen LogP contribution in [0.5, 0.6) is 0 Å². The summed E-state index contributed by atoms with van der Waals surface area (Å²) in [6, 6.07) is 7.96. The summed E-state index contributed by atoms with van der Waals surface area (Å²) >= 11 is 0. The topological polar surface area (TPSA) is 69.6 Å². The average molecular weight is 461 g/mol. The number of carbonyl (C=O) groups is 1. The van der Waals surface area contributed by atoms with Crippen molar-refractivity contribution < 1.29 is 41.4 Å². The molecule has 0 amide bonds. The van der Waals surface area contributed by atoms with E-state index in [0.29, 0.717) is 17.2 Å². The molecule has 4 nitrogen and oxygen atoms in total. The van der Waals surface area contributed by atoms with E-state index in [1.165, 1.54) is 36.4 Å². The van der Waals surface area contributed by atoms with Crippen LogP contribution in [0.25, 0.3) is 11.1 Å². The van der Waals surface area contributed by atoms with Crippen molar-refractivity contribution in [2.75, 3.05) is 0 Å². The first-order valence-corrected chi connectivity index (χ1v) is 9.34. The Bertz CT molecular complexity index is 948. The number of carboxylic acid groups (broad SMARTS) is 1. The molecule has 2 aromatic carbocycles. The van der Waals surface area contributed by atoms with E-state index in [9.17, 15) is 36.2 Å². The summed E-state index contributed by atoms with van der Waals surface area (Å²) in [5.41, 5.74) is -2.45. The van der Waals surface area contributed by atoms with Gasteiger partial charge in [0.05, 0.1) is 0 Å². The summed E-state index contributed by atoms with van der Waals surface area (Å²) in [5.74, 6) is -1.74. The Hall–Kier alpha value is -3.01. The largest absolute Gasteiger partial charge is 0.477 e. The fraction of sp³-hybridized carbons (Fsp3) is 0.318. The highest BCUT2D eigenvalue weighted by molar-refractivity contribution is 5.86. The first-order chi connectivity index (χ1) is 14.7. The van der Waals surface area contributed by atoms with Crippen LogP contribution in [0.3, 0.4) is 0 Å². The van der Waals surface area contributed by atoms with E-state index < -0.39 is 42.1 Å². The van der Waals surface area contributed by atoms with Crippen LogP contribution in [-0.2, 0) is 4.79 Å². The minimum absolute atomic E-state index is 0.00881. The van der Waals surface area contributed by atoms with E-state index in [-0.39, 0.29) is 11.1 Å². The molecule has 0 unspecified atom stereocenters. The first-order valence-electron chi connectivity index (χ1n) is 9.34. The summed E-state index contributed by atoms with van der Waals surface area (Å²) < 4.78 is 79.8. The van der Waals surface area contributed by atoms with Crippen molar-refractivity contribution in [3.8, 4) is 11.1 Å². The first kappa shape index (κ1) is 25.3. The van der Waals surface area contributed by atoms with Gasteiger partial charge in [0.1, 0.15) is 23.5 Å². The second-order valence-electron chi connectivity index (χ2n) is 7.57. The number of aliphatic hydroxyl groups is 1. The van der Waals surface area contributed by atoms with E-state index >= 15 is 0 Å². The lowest BCUT2D eigenvalue weighted by Gasteiger charge is -2.24. The molecule has 0 aliphatic rings. The van der Waals surface area contributed by atoms with Gasteiger partial charge in [0, 0.05) is 0 Å². The highest BCUT2D eigenvalue weighted by atomic mass is 19.4. The summed E-state index contributed by atoms with van der Waals surface area (Å²) in [6.07, 6.45) is -9.24. The SMILES string of the molecule is CC(C)(F)/C=C(/N[C@@H](c1ccc(-c2ccc([C@@H](O)C(F)F)cc2)cc1)C(F)(F)F)C(=O)O. The number of alkyl halides is 6. The zero-order valence-electron chi connectivity index (χ0n) is 17.0. The van der Waals surface area contributed by atoms with Gasteiger partial charge in [-0.2, -0.15) is 13.2 Å². The molecule has 174 valence electrons. The molecule has 0 saturated heterocycles. The van der Waals surface area contributed by atoms with Gasteiger partial charge in [-0.05, 0) is 42.2 Å². The van der Waals surface area contributed by atoms with Gasteiger partial charge in [0.25, 0.3) is 6.43 Å². The molecule has 3 N–H and O–H groups in total. The number of aliphatic carboxylic acids is 1. The summed E-state index contributed by atoms with van der Waals surface area (Å²) in [5, 5.41) is 20.4. The molecule has 2 rings (SSSR count). The minimum Gasteiger partial charge on any atom is -0.477 e. The molecule has 0 radical (unpaired) electrons. The lowest BCUT2D eigenvalue weighted by molar-refractivity contribution is -0.157. The Labute approximate surface area is 180 Å². The predicted molar refractivity (Wildman–Crippen MR) is 106 cm³/mol. The van der Waals surface area contributed by atoms with Gasteiger partial charge < -0.3 is 15.5 Å². The van der Waals surface area contributed by atoms with Crippen molar-refractivity contribution in [2.24, 2.45) is 0 Å². The van der Waals surface area contributed by atoms with Crippen molar-refractivity contribution in [3.05, 3.63) is 71.4 Å². The second kappa shape index (κ2) is 9.64. The number of rotatable bonds is 8. The Balaban J connectivity index is 2.33. The molecule has 0 heterocycles. The van der Waals surface area contributed by atoms with Crippen molar-refractivity contribution in [1.29, 1.82) is 0 Å². The van der Waals surface area contributed by atoms with Gasteiger partial charge in [0.2, 0.25) is 0 Å². The van der Waals surface area contributed by atoms with Crippen molar-refractivity contribution in [1.82, 2.24) is 5.32 Å². The van der Waals surface area contributed by atoms with Crippen LogP contribution in [0.2, 0.25) is 0 Å². The molecule has 2 aromatic rings. The number of aliphatic hydroxyl groups excluding tert-OH is 1. The Morgan fingerprint density at radius 3 is 1.69 bits per heavy atom. The molecule has 0 aliphatic heterocycles. The molecular formula is C22H21F6NO3. The number of hydrogen-bond donors (Lipinski definition) is 3. The molecule has 32 heavy (non-hydrogen) atoms. The number of hydrogen-bond acceptors (Lipinski definition) is 3. The molecule has 0 bridgehead atoms. The molecule has 0 aliphatic carbocycles. The highest BCUT2D eigenvalue weighted by Gasteiger charge is 2.42. The van der Waals surface area contributed by atoms with Gasteiger partial charge in [-0.1, -0.05) is 48.5 Å². The van der Waals surface area contributed by atoms with Crippen LogP contribution in [-0.4, -0.2) is 34.5 Å². The highest BCUT2D eigenvalue weighted by Crippen LogP contribution is 2.35. The smallest absolute Gasteiger partial charge is 0.412 e. The monoisotopic (exact) mass is 461 g/mol. The van der Waals surface area contributed by atoms with Crippen LogP contribution < -0.4 is 5.32 Å². The molecule has 0 fully saturated rings. The quantitative estimate of drug-likeness (QED) is 0.356. The third-order valence-corrected chi connectivity index (χ3v) is 4.41. The lowest BCUT2D eigenvalue weighted by Crippen LogP contribution is -2.36. The Kier molecular flexibility index (Phi) is 7.61. The molecular weight excluding hydrogens is 440 g/mol. The number of halogens is 6. The van der Waals surface area contributed by atoms with Crippen molar-refractivity contribution in [3.63, 3.8) is 0 Å². The molecule has 0 saturated carbocycles.